The normalized spacial score (nSPS) is 0. The molecule has 0 rings (SSSR count). The molecule has 0 saturated heterocycles. The van der Waals surface area contributed by atoms with Crippen molar-refractivity contribution in [3.05, 3.63) is 0 Å². The van der Waals surface area contributed by atoms with Crippen molar-refractivity contribution < 1.29 is 127 Å². The molecule has 57 valence electrons. The zero-order valence-electron chi connectivity index (χ0n) is 2.85. The Labute approximate surface area is 124 Å². The van der Waals surface area contributed by atoms with E-state index in [4.69, 9.17) is 0 Å². The number of hydrogen-bond donors (Lipinski definition) is 0. The maximum atomic E-state index is 0. The van der Waals surface area contributed by atoms with Gasteiger partial charge in [-0.3, -0.25) is 0 Å². The van der Waals surface area contributed by atoms with Crippen LogP contribution in [0.4, 0.5) is 0 Å². The molecule has 0 aromatic heterocycles. The van der Waals surface area contributed by atoms with Crippen LogP contribution >= 0.6 is 0 Å². The van der Waals surface area contributed by atoms with E-state index in [1.165, 1.54) is 0 Å². The summed E-state index contributed by atoms with van der Waals surface area (Å²) in [5, 5.41) is 0. The summed E-state index contributed by atoms with van der Waals surface area (Å²) >= 11 is 0. The van der Waals surface area contributed by atoms with Crippen LogP contribution in [0.15, 0.2) is 0 Å². The van der Waals surface area contributed by atoms with Gasteiger partial charge in [0.2, 0.25) is 0 Å². The van der Waals surface area contributed by atoms with E-state index in [1.807, 2.05) is 0 Å². The first-order chi connectivity index (χ1) is 0. The molecule has 0 unspecified atom stereocenters. The zero-order chi connectivity index (χ0) is 0. The fourth-order valence-corrected chi connectivity index (χ4v) is 0. The average Bonchev–Trinajstić information content (AvgIpc) is 0. The Kier molecular flexibility index (Phi) is 622. The smallest absolute Gasteiger partial charge is 0 e. The Balaban J connectivity index is 0. The second kappa shape index (κ2) is 56.2. The molecule has 0 aliphatic rings. The number of hydrogen-bond acceptors (Lipinski definition) is 0. The van der Waals surface area contributed by atoms with Crippen LogP contribution in [0.3, 0.4) is 0 Å². The summed E-state index contributed by atoms with van der Waals surface area (Å²) in [6.07, 6.45) is 0. The maximum absolute atomic E-state index is 0. The van der Waals surface area contributed by atoms with Crippen LogP contribution in [0.25, 0.3) is 0 Å². The van der Waals surface area contributed by atoms with Gasteiger partial charge in [0.05, 0.1) is 0 Å². The van der Waals surface area contributed by atoms with Gasteiger partial charge >= 0.3 is 0 Å². The Morgan fingerprint density at radius 1 is 0.429 bits per heavy atom. The van der Waals surface area contributed by atoms with E-state index in [0.29, 0.717) is 0 Å². The molecule has 0 bridgehead atoms. The van der Waals surface area contributed by atoms with Crippen LogP contribution in [0.2, 0.25) is 0 Å². The van der Waals surface area contributed by atoms with Crippen LogP contribution in [-0.2, 0) is 20.1 Å². The van der Waals surface area contributed by atoms with E-state index in [0.717, 1.165) is 0 Å². The molecule has 0 spiro atoms. The molecule has 0 aliphatic heterocycles. The van der Waals surface area contributed by atoms with Gasteiger partial charge in [0.25, 0.3) is 0 Å². The fraction of sp³-hybridized carbons (Fsp3) is 0. The molecule has 2 nitrogen and oxygen atoms in total. The first kappa shape index (κ1) is 77.6. The van der Waals surface area contributed by atoms with Crippen LogP contribution in [0.1, 0.15) is 0 Å². The quantitative estimate of drug-likeness (QED) is 0.222. The van der Waals surface area contributed by atoms with Crippen LogP contribution in [-0.4, -0.2) is 11.0 Å². The van der Waals surface area contributed by atoms with E-state index < -0.39 is 0 Å². The molecule has 1 radical (unpaired) electrons. The summed E-state index contributed by atoms with van der Waals surface area (Å²) in [5.41, 5.74) is 0. The van der Waals surface area contributed by atoms with Crippen molar-refractivity contribution in [2.24, 2.45) is 0 Å². The largest absolute Gasteiger partial charge is 1.00 e. The van der Waals surface area contributed by atoms with Gasteiger partial charge in [0, 0.05) is 20.1 Å². The predicted octanol–water partition coefficient (Wildman–Crippen LogP) is -13.6. The van der Waals surface area contributed by atoms with Gasteiger partial charge in [0.1, 0.15) is 0 Å². The summed E-state index contributed by atoms with van der Waals surface area (Å²) in [6, 6.07) is 0. The molecule has 4 N–H and O–H groups in total. The Morgan fingerprint density at radius 3 is 0.429 bits per heavy atom. The minimum atomic E-state index is 0. The van der Waals surface area contributed by atoms with Crippen molar-refractivity contribution in [3.63, 3.8) is 0 Å². The third-order valence-corrected chi connectivity index (χ3v) is 0. The monoisotopic (exact) mass is 737 g/mol. The third-order valence-electron chi connectivity index (χ3n) is 0. The van der Waals surface area contributed by atoms with Crippen molar-refractivity contribution in [2.45, 2.75) is 0 Å². The summed E-state index contributed by atoms with van der Waals surface area (Å²) < 4.78 is 0. The van der Waals surface area contributed by atoms with Crippen molar-refractivity contribution in [1.82, 2.24) is 0 Å². The SMILES string of the molecule is O.O.[I-].[I-].[I-].[I-].[Ir]. The third kappa shape index (κ3) is 43.7. The van der Waals surface area contributed by atoms with E-state index in [-0.39, 0.29) is 127 Å². The van der Waals surface area contributed by atoms with Gasteiger partial charge < -0.3 is 107 Å². The molecule has 0 saturated carbocycles. The minimum Gasteiger partial charge on any atom is -1.00 e. The number of halogens is 4. The molecule has 0 aromatic carbocycles. The minimum absolute atomic E-state index is 0. The second-order valence-electron chi connectivity index (χ2n) is 0. The fourth-order valence-electron chi connectivity index (χ4n) is 0. The molecule has 0 fully saturated rings. The van der Waals surface area contributed by atoms with Crippen LogP contribution in [0, 0.1) is 0 Å². The Morgan fingerprint density at radius 2 is 0.429 bits per heavy atom. The van der Waals surface area contributed by atoms with Crippen molar-refractivity contribution in [3.8, 4) is 0 Å². The predicted molar refractivity (Wildman–Crippen MR) is 7.23 cm³/mol. The zero-order valence-corrected chi connectivity index (χ0v) is 13.9. The molecule has 7 heteroatoms. The first-order valence-electron chi connectivity index (χ1n) is 0. The summed E-state index contributed by atoms with van der Waals surface area (Å²) in [5.74, 6) is 0. The average molecular weight is 736 g/mol. The molecule has 0 atom stereocenters. The van der Waals surface area contributed by atoms with Gasteiger partial charge in [0.15, 0.2) is 0 Å². The molecular weight excluding hydrogens is 732 g/mol. The summed E-state index contributed by atoms with van der Waals surface area (Å²) in [6.45, 7) is 0. The van der Waals surface area contributed by atoms with Gasteiger partial charge in [-0.25, -0.2) is 0 Å². The van der Waals surface area contributed by atoms with Crippen molar-refractivity contribution >= 4 is 0 Å². The van der Waals surface area contributed by atoms with Gasteiger partial charge in [-0.15, -0.1) is 0 Å². The molecule has 0 aliphatic carbocycles. The van der Waals surface area contributed by atoms with Crippen molar-refractivity contribution in [1.29, 1.82) is 0 Å². The van der Waals surface area contributed by atoms with Gasteiger partial charge in [-0.05, 0) is 0 Å². The maximum Gasteiger partial charge on any atom is 0 e. The van der Waals surface area contributed by atoms with Crippen LogP contribution < -0.4 is 95.9 Å². The molecule has 0 amide bonds. The van der Waals surface area contributed by atoms with Crippen molar-refractivity contribution in [2.75, 3.05) is 0 Å². The van der Waals surface area contributed by atoms with E-state index in [9.17, 15) is 0 Å². The Bertz CT molecular complexity index is 9.65. The first-order valence-corrected chi connectivity index (χ1v) is 0. The summed E-state index contributed by atoms with van der Waals surface area (Å²) in [7, 11) is 0. The van der Waals surface area contributed by atoms with E-state index in [2.05, 4.69) is 0 Å². The Hall–Kier alpha value is 3.49. The standard InChI is InChI=1S/4HI.Ir.2H2O/h4*1H;;2*1H2/p-4. The van der Waals surface area contributed by atoms with Gasteiger partial charge in [-0.2, -0.15) is 0 Å². The van der Waals surface area contributed by atoms with Crippen LogP contribution in [0.5, 0.6) is 0 Å². The number of rotatable bonds is 0. The second-order valence-corrected chi connectivity index (χ2v) is 0. The van der Waals surface area contributed by atoms with Gasteiger partial charge in [-0.1, -0.05) is 0 Å². The molecule has 0 heterocycles. The van der Waals surface area contributed by atoms with E-state index in [1.54, 1.807) is 0 Å². The molecular formula is H4I4IrO2-4. The van der Waals surface area contributed by atoms with E-state index >= 15 is 0 Å². The molecule has 0 aromatic rings. The topological polar surface area (TPSA) is 63.0 Å². The summed E-state index contributed by atoms with van der Waals surface area (Å²) in [4.78, 5) is 0. The molecule has 7 heavy (non-hydrogen) atoms.